The van der Waals surface area contributed by atoms with Crippen LogP contribution < -0.4 is 20.1 Å². The first-order chi connectivity index (χ1) is 12.8. The van der Waals surface area contributed by atoms with Crippen molar-refractivity contribution in [3.63, 3.8) is 0 Å². The summed E-state index contributed by atoms with van der Waals surface area (Å²) in [6.45, 7) is 1.99. The molecule has 0 aromatic heterocycles. The Labute approximate surface area is 153 Å². The summed E-state index contributed by atoms with van der Waals surface area (Å²) in [7, 11) is 0. The van der Waals surface area contributed by atoms with Crippen LogP contribution in [-0.4, -0.2) is 31.3 Å². The van der Waals surface area contributed by atoms with Gasteiger partial charge in [-0.15, -0.1) is 13.2 Å². The summed E-state index contributed by atoms with van der Waals surface area (Å²) in [4.78, 5) is 23.9. The number of halogens is 3. The van der Waals surface area contributed by atoms with E-state index in [0.29, 0.717) is 17.9 Å². The van der Waals surface area contributed by atoms with E-state index in [0.717, 1.165) is 12.1 Å². The maximum Gasteiger partial charge on any atom is 0.573 e. The molecule has 2 amide bonds. The number of rotatable bonds is 7. The molecule has 0 aliphatic carbocycles. The van der Waals surface area contributed by atoms with Gasteiger partial charge in [0.15, 0.2) is 0 Å². The highest BCUT2D eigenvalue weighted by Crippen LogP contribution is 2.24. The number of anilines is 1. The standard InChI is InChI=1S/C18H17F3N2O4/c1-2-26-14-8-6-12(7-9-14)17(25)22-11-16(24)23-13-4-3-5-15(10-13)27-18(19,20)21/h3-10H,2,11H2,1H3,(H,22,25)(H,23,24). The van der Waals surface area contributed by atoms with Crippen molar-refractivity contribution < 1.29 is 32.2 Å². The number of nitrogens with one attached hydrogen (secondary N) is 2. The average molecular weight is 382 g/mol. The SMILES string of the molecule is CCOc1ccc(C(=O)NCC(=O)Nc2cccc(OC(F)(F)F)c2)cc1. The zero-order valence-corrected chi connectivity index (χ0v) is 14.3. The average Bonchev–Trinajstić information content (AvgIpc) is 2.59. The van der Waals surface area contributed by atoms with E-state index in [-0.39, 0.29) is 12.2 Å². The van der Waals surface area contributed by atoms with Crippen molar-refractivity contribution in [3.05, 3.63) is 54.1 Å². The molecule has 0 bridgehead atoms. The van der Waals surface area contributed by atoms with Gasteiger partial charge in [0.25, 0.3) is 5.91 Å². The van der Waals surface area contributed by atoms with Crippen molar-refractivity contribution in [3.8, 4) is 11.5 Å². The second-order valence-electron chi connectivity index (χ2n) is 5.26. The van der Waals surface area contributed by atoms with Crippen LogP contribution in [0.5, 0.6) is 11.5 Å². The van der Waals surface area contributed by atoms with E-state index in [4.69, 9.17) is 4.74 Å². The smallest absolute Gasteiger partial charge is 0.494 e. The Kier molecular flexibility index (Phi) is 6.64. The van der Waals surface area contributed by atoms with Crippen LogP contribution in [0.2, 0.25) is 0 Å². The molecule has 0 saturated heterocycles. The van der Waals surface area contributed by atoms with Crippen LogP contribution in [-0.2, 0) is 4.79 Å². The lowest BCUT2D eigenvalue weighted by Gasteiger charge is -2.11. The monoisotopic (exact) mass is 382 g/mol. The van der Waals surface area contributed by atoms with Crippen LogP contribution >= 0.6 is 0 Å². The normalized spacial score (nSPS) is 10.8. The van der Waals surface area contributed by atoms with Crippen molar-refractivity contribution in [1.29, 1.82) is 0 Å². The minimum Gasteiger partial charge on any atom is -0.494 e. The van der Waals surface area contributed by atoms with Gasteiger partial charge >= 0.3 is 6.36 Å². The van der Waals surface area contributed by atoms with Gasteiger partial charge in [0, 0.05) is 17.3 Å². The maximum atomic E-state index is 12.2. The molecule has 27 heavy (non-hydrogen) atoms. The molecule has 2 aromatic rings. The molecule has 9 heteroatoms. The molecule has 6 nitrogen and oxygen atoms in total. The number of amides is 2. The number of hydrogen-bond donors (Lipinski definition) is 2. The Balaban J connectivity index is 1.87. The molecule has 0 spiro atoms. The van der Waals surface area contributed by atoms with E-state index in [1.54, 1.807) is 24.3 Å². The number of benzene rings is 2. The van der Waals surface area contributed by atoms with Crippen LogP contribution in [0, 0.1) is 0 Å². The highest BCUT2D eigenvalue weighted by molar-refractivity contribution is 5.99. The van der Waals surface area contributed by atoms with E-state index >= 15 is 0 Å². The Morgan fingerprint density at radius 2 is 1.74 bits per heavy atom. The van der Waals surface area contributed by atoms with Gasteiger partial charge in [-0.05, 0) is 43.3 Å². The first kappa shape index (κ1) is 20.1. The first-order valence-corrected chi connectivity index (χ1v) is 7.93. The Hall–Kier alpha value is -3.23. The quantitative estimate of drug-likeness (QED) is 0.770. The predicted molar refractivity (Wildman–Crippen MR) is 91.7 cm³/mol. The van der Waals surface area contributed by atoms with E-state index in [1.807, 2.05) is 6.92 Å². The third-order valence-corrected chi connectivity index (χ3v) is 3.19. The molecule has 0 unspecified atom stereocenters. The third kappa shape index (κ3) is 6.89. The van der Waals surface area contributed by atoms with Gasteiger partial charge in [0.1, 0.15) is 11.5 Å². The molecule has 2 rings (SSSR count). The zero-order chi connectivity index (χ0) is 19.9. The lowest BCUT2D eigenvalue weighted by atomic mass is 10.2. The minimum absolute atomic E-state index is 0.108. The van der Waals surface area contributed by atoms with Crippen molar-refractivity contribution in [2.75, 3.05) is 18.5 Å². The molecule has 0 aliphatic heterocycles. The molecule has 2 N–H and O–H groups in total. The van der Waals surface area contributed by atoms with Gasteiger partial charge in [-0.1, -0.05) is 6.07 Å². The number of carbonyl (C=O) groups is 2. The second kappa shape index (κ2) is 8.93. The minimum atomic E-state index is -4.83. The fourth-order valence-corrected chi connectivity index (χ4v) is 2.11. The summed E-state index contributed by atoms with van der Waals surface area (Å²) in [5, 5.41) is 4.80. The summed E-state index contributed by atoms with van der Waals surface area (Å²) in [5.41, 5.74) is 0.448. The highest BCUT2D eigenvalue weighted by Gasteiger charge is 2.31. The fraction of sp³-hybridized carbons (Fsp3) is 0.222. The summed E-state index contributed by atoms with van der Waals surface area (Å²) in [6.07, 6.45) is -4.83. The first-order valence-electron chi connectivity index (χ1n) is 7.93. The Morgan fingerprint density at radius 3 is 2.37 bits per heavy atom. The molecule has 0 radical (unpaired) electrons. The highest BCUT2D eigenvalue weighted by atomic mass is 19.4. The molecule has 0 aliphatic rings. The van der Waals surface area contributed by atoms with Crippen molar-refractivity contribution in [2.45, 2.75) is 13.3 Å². The topological polar surface area (TPSA) is 76.7 Å². The molecule has 0 heterocycles. The van der Waals surface area contributed by atoms with Crippen LogP contribution in [0.3, 0.4) is 0 Å². The van der Waals surface area contributed by atoms with Crippen molar-refractivity contribution in [2.24, 2.45) is 0 Å². The molecule has 0 atom stereocenters. The summed E-state index contributed by atoms with van der Waals surface area (Å²) in [5.74, 6) is -0.910. The lowest BCUT2D eigenvalue weighted by molar-refractivity contribution is -0.274. The van der Waals surface area contributed by atoms with Crippen LogP contribution in [0.1, 0.15) is 17.3 Å². The number of carbonyl (C=O) groups excluding carboxylic acids is 2. The molecule has 0 saturated carbocycles. The largest absolute Gasteiger partial charge is 0.573 e. The summed E-state index contributed by atoms with van der Waals surface area (Å²) in [6, 6.07) is 11.2. The van der Waals surface area contributed by atoms with E-state index in [9.17, 15) is 22.8 Å². The predicted octanol–water partition coefficient (Wildman–Crippen LogP) is 3.35. The van der Waals surface area contributed by atoms with Gasteiger partial charge in [-0.2, -0.15) is 0 Å². The van der Waals surface area contributed by atoms with Crippen LogP contribution in [0.15, 0.2) is 48.5 Å². The van der Waals surface area contributed by atoms with Crippen molar-refractivity contribution in [1.82, 2.24) is 5.32 Å². The molecular formula is C18H17F3N2O4. The maximum absolute atomic E-state index is 12.2. The van der Waals surface area contributed by atoms with E-state index < -0.39 is 23.9 Å². The molecule has 0 fully saturated rings. The summed E-state index contributed by atoms with van der Waals surface area (Å²) < 4.78 is 45.7. The lowest BCUT2D eigenvalue weighted by Crippen LogP contribution is -2.32. The summed E-state index contributed by atoms with van der Waals surface area (Å²) >= 11 is 0. The molecule has 2 aromatic carbocycles. The van der Waals surface area contributed by atoms with Crippen molar-refractivity contribution >= 4 is 17.5 Å². The van der Waals surface area contributed by atoms with Crippen LogP contribution in [0.4, 0.5) is 18.9 Å². The number of alkyl halides is 3. The zero-order valence-electron chi connectivity index (χ0n) is 14.3. The molecule has 144 valence electrons. The van der Waals surface area contributed by atoms with Gasteiger partial charge in [-0.3, -0.25) is 9.59 Å². The Bertz CT molecular complexity index is 792. The van der Waals surface area contributed by atoms with Crippen LogP contribution in [0.25, 0.3) is 0 Å². The van der Waals surface area contributed by atoms with Gasteiger partial charge in [0.05, 0.1) is 13.2 Å². The van der Waals surface area contributed by atoms with Gasteiger partial charge in [-0.25, -0.2) is 0 Å². The number of hydrogen-bond acceptors (Lipinski definition) is 4. The number of ether oxygens (including phenoxy) is 2. The molecular weight excluding hydrogens is 365 g/mol. The van der Waals surface area contributed by atoms with E-state index in [1.165, 1.54) is 12.1 Å². The third-order valence-electron chi connectivity index (χ3n) is 3.19. The Morgan fingerprint density at radius 1 is 1.04 bits per heavy atom. The second-order valence-corrected chi connectivity index (χ2v) is 5.26. The van der Waals surface area contributed by atoms with Gasteiger partial charge < -0.3 is 20.1 Å². The fourth-order valence-electron chi connectivity index (χ4n) is 2.11. The van der Waals surface area contributed by atoms with Gasteiger partial charge in [0.2, 0.25) is 5.91 Å². The van der Waals surface area contributed by atoms with E-state index in [2.05, 4.69) is 15.4 Å².